The molecule has 0 aliphatic heterocycles. The molecule has 6 heteroatoms. The minimum Gasteiger partial charge on any atom is -0.464 e. The third-order valence-corrected chi connectivity index (χ3v) is 4.02. The van der Waals surface area contributed by atoms with Gasteiger partial charge < -0.3 is 14.4 Å². The molecule has 28 heavy (non-hydrogen) atoms. The fourth-order valence-electron chi connectivity index (χ4n) is 2.71. The first-order chi connectivity index (χ1) is 13.6. The number of oxime groups is 2. The van der Waals surface area contributed by atoms with Gasteiger partial charge in [-0.25, -0.2) is 4.79 Å². The SMILES string of the molecule is CC=C(C(C)=NOCc1ccccc1C(=NOC)C(=O)OC)c1ccccc1. The fourth-order valence-corrected chi connectivity index (χ4v) is 2.71. The maximum atomic E-state index is 12.0. The molecule has 0 aliphatic rings. The van der Waals surface area contributed by atoms with Crippen molar-refractivity contribution in [3.8, 4) is 0 Å². The van der Waals surface area contributed by atoms with Crippen LogP contribution in [0.4, 0.5) is 0 Å². The van der Waals surface area contributed by atoms with Crippen LogP contribution in [0.5, 0.6) is 0 Å². The number of methoxy groups -OCH3 is 1. The number of rotatable bonds is 8. The maximum absolute atomic E-state index is 12.0. The van der Waals surface area contributed by atoms with E-state index in [2.05, 4.69) is 10.3 Å². The topological polar surface area (TPSA) is 69.5 Å². The normalized spacial score (nSPS) is 12.5. The van der Waals surface area contributed by atoms with Gasteiger partial charge in [0.2, 0.25) is 0 Å². The van der Waals surface area contributed by atoms with Crippen molar-refractivity contribution in [2.24, 2.45) is 10.3 Å². The highest BCUT2D eigenvalue weighted by Gasteiger charge is 2.19. The van der Waals surface area contributed by atoms with Crippen LogP contribution in [-0.4, -0.2) is 31.6 Å². The Labute approximate surface area is 165 Å². The van der Waals surface area contributed by atoms with E-state index in [1.807, 2.05) is 62.4 Å². The van der Waals surface area contributed by atoms with E-state index in [0.29, 0.717) is 5.56 Å². The Morgan fingerprint density at radius 3 is 2.32 bits per heavy atom. The minimum atomic E-state index is -0.589. The number of carbonyl (C=O) groups excluding carboxylic acids is 1. The molecule has 0 heterocycles. The van der Waals surface area contributed by atoms with Gasteiger partial charge in [-0.2, -0.15) is 0 Å². The number of allylic oxidation sites excluding steroid dienone is 2. The van der Waals surface area contributed by atoms with E-state index in [9.17, 15) is 4.79 Å². The van der Waals surface area contributed by atoms with Crippen LogP contribution in [0.25, 0.3) is 5.57 Å². The first kappa shape index (κ1) is 20.9. The zero-order valence-corrected chi connectivity index (χ0v) is 16.5. The van der Waals surface area contributed by atoms with E-state index >= 15 is 0 Å². The van der Waals surface area contributed by atoms with Gasteiger partial charge in [0.15, 0.2) is 5.71 Å². The lowest BCUT2D eigenvalue weighted by Gasteiger charge is -2.10. The predicted molar refractivity (Wildman–Crippen MR) is 110 cm³/mol. The molecule has 0 aromatic heterocycles. The molecule has 0 amide bonds. The Kier molecular flexibility index (Phi) is 7.96. The van der Waals surface area contributed by atoms with Gasteiger partial charge in [0.05, 0.1) is 12.8 Å². The lowest BCUT2D eigenvalue weighted by Crippen LogP contribution is -2.19. The van der Waals surface area contributed by atoms with Crippen LogP contribution >= 0.6 is 0 Å². The molecule has 146 valence electrons. The summed E-state index contributed by atoms with van der Waals surface area (Å²) in [7, 11) is 2.67. The minimum absolute atomic E-state index is 0.0725. The molecule has 0 unspecified atom stereocenters. The Morgan fingerprint density at radius 1 is 1.00 bits per heavy atom. The van der Waals surface area contributed by atoms with Gasteiger partial charge in [0, 0.05) is 16.7 Å². The van der Waals surface area contributed by atoms with Crippen LogP contribution in [0.1, 0.15) is 30.5 Å². The number of hydrogen-bond donors (Lipinski definition) is 0. The standard InChI is InChI=1S/C22H24N2O4/c1-5-19(17-11-7-6-8-12-17)16(2)23-28-15-18-13-9-10-14-20(18)21(24-27-4)22(25)26-3/h5-14H,15H2,1-4H3. The highest BCUT2D eigenvalue weighted by atomic mass is 16.6. The van der Waals surface area contributed by atoms with Gasteiger partial charge in [-0.05, 0) is 19.4 Å². The zero-order valence-electron chi connectivity index (χ0n) is 16.5. The molecule has 0 bridgehead atoms. The second-order valence-electron chi connectivity index (χ2n) is 5.79. The summed E-state index contributed by atoms with van der Waals surface area (Å²) < 4.78 is 4.79. The predicted octanol–water partition coefficient (Wildman–Crippen LogP) is 4.21. The lowest BCUT2D eigenvalue weighted by molar-refractivity contribution is -0.132. The average molecular weight is 380 g/mol. The van der Waals surface area contributed by atoms with Crippen LogP contribution in [0, 0.1) is 0 Å². The highest BCUT2D eigenvalue weighted by molar-refractivity contribution is 6.43. The van der Waals surface area contributed by atoms with Crippen LogP contribution < -0.4 is 0 Å². The van der Waals surface area contributed by atoms with Crippen LogP contribution in [0.15, 0.2) is 71.0 Å². The van der Waals surface area contributed by atoms with Crippen molar-refractivity contribution in [1.82, 2.24) is 0 Å². The second kappa shape index (κ2) is 10.7. The Hall–Kier alpha value is -3.41. The van der Waals surface area contributed by atoms with Gasteiger partial charge in [-0.15, -0.1) is 0 Å². The zero-order chi connectivity index (χ0) is 20.4. The molecule has 0 fully saturated rings. The Bertz CT molecular complexity index is 886. The summed E-state index contributed by atoms with van der Waals surface area (Å²) in [5, 5.41) is 8.03. The maximum Gasteiger partial charge on any atom is 0.360 e. The smallest absolute Gasteiger partial charge is 0.360 e. The van der Waals surface area contributed by atoms with Crippen LogP contribution in [-0.2, 0) is 25.8 Å². The summed E-state index contributed by atoms with van der Waals surface area (Å²) in [6.07, 6.45) is 1.99. The van der Waals surface area contributed by atoms with E-state index in [1.165, 1.54) is 14.2 Å². The van der Waals surface area contributed by atoms with E-state index in [1.54, 1.807) is 12.1 Å². The molecule has 0 atom stereocenters. The molecular weight excluding hydrogens is 356 g/mol. The van der Waals surface area contributed by atoms with E-state index in [4.69, 9.17) is 14.4 Å². The quantitative estimate of drug-likeness (QED) is 0.391. The average Bonchev–Trinajstić information content (AvgIpc) is 2.73. The molecule has 0 N–H and O–H groups in total. The van der Waals surface area contributed by atoms with Gasteiger partial charge >= 0.3 is 5.97 Å². The Morgan fingerprint density at radius 2 is 1.68 bits per heavy atom. The summed E-state index contributed by atoms with van der Waals surface area (Å²) in [6, 6.07) is 17.2. The molecule has 0 saturated heterocycles. The van der Waals surface area contributed by atoms with Crippen molar-refractivity contribution < 1.29 is 19.2 Å². The van der Waals surface area contributed by atoms with Crippen molar-refractivity contribution in [3.05, 3.63) is 77.4 Å². The first-order valence-electron chi connectivity index (χ1n) is 8.78. The largest absolute Gasteiger partial charge is 0.464 e. The highest BCUT2D eigenvalue weighted by Crippen LogP contribution is 2.17. The van der Waals surface area contributed by atoms with E-state index in [-0.39, 0.29) is 12.3 Å². The Balaban J connectivity index is 2.20. The molecule has 2 aromatic carbocycles. The lowest BCUT2D eigenvalue weighted by atomic mass is 10.0. The van der Waals surface area contributed by atoms with Crippen LogP contribution in [0.3, 0.4) is 0 Å². The monoisotopic (exact) mass is 380 g/mol. The van der Waals surface area contributed by atoms with Crippen molar-refractivity contribution in [3.63, 3.8) is 0 Å². The van der Waals surface area contributed by atoms with Gasteiger partial charge in [-0.3, -0.25) is 0 Å². The molecule has 0 aliphatic carbocycles. The third-order valence-electron chi connectivity index (χ3n) is 4.02. The summed E-state index contributed by atoms with van der Waals surface area (Å²) in [4.78, 5) is 22.4. The number of nitrogens with zero attached hydrogens (tertiary/aromatic N) is 2. The number of carbonyl (C=O) groups is 1. The van der Waals surface area contributed by atoms with E-state index in [0.717, 1.165) is 22.4 Å². The van der Waals surface area contributed by atoms with Gasteiger partial charge in [0.25, 0.3) is 0 Å². The van der Waals surface area contributed by atoms with Crippen molar-refractivity contribution in [2.75, 3.05) is 14.2 Å². The van der Waals surface area contributed by atoms with Gasteiger partial charge in [-0.1, -0.05) is 71.0 Å². The van der Waals surface area contributed by atoms with Crippen molar-refractivity contribution in [2.45, 2.75) is 20.5 Å². The molecule has 2 rings (SSSR count). The van der Waals surface area contributed by atoms with E-state index < -0.39 is 5.97 Å². The number of benzene rings is 2. The molecule has 6 nitrogen and oxygen atoms in total. The summed E-state index contributed by atoms with van der Waals surface area (Å²) in [5.41, 5.74) is 4.19. The number of ether oxygens (including phenoxy) is 1. The van der Waals surface area contributed by atoms with Crippen molar-refractivity contribution >= 4 is 23.0 Å². The first-order valence-corrected chi connectivity index (χ1v) is 8.78. The van der Waals surface area contributed by atoms with Crippen LogP contribution in [0.2, 0.25) is 0 Å². The van der Waals surface area contributed by atoms with Crippen molar-refractivity contribution in [1.29, 1.82) is 0 Å². The second-order valence-corrected chi connectivity index (χ2v) is 5.79. The summed E-state index contributed by atoms with van der Waals surface area (Å²) >= 11 is 0. The molecular formula is C22H24N2O4. The number of hydrogen-bond acceptors (Lipinski definition) is 6. The molecule has 0 saturated carbocycles. The molecule has 0 radical (unpaired) electrons. The molecule has 0 spiro atoms. The molecule has 2 aromatic rings. The number of esters is 1. The fraction of sp³-hybridized carbons (Fsp3) is 0.227. The third kappa shape index (κ3) is 5.30. The summed E-state index contributed by atoms with van der Waals surface area (Å²) in [5.74, 6) is -0.589. The summed E-state index contributed by atoms with van der Waals surface area (Å²) in [6.45, 7) is 4.01. The van der Waals surface area contributed by atoms with Gasteiger partial charge in [0.1, 0.15) is 13.7 Å².